The topological polar surface area (TPSA) is 71.5 Å². The van der Waals surface area contributed by atoms with Gasteiger partial charge in [-0.05, 0) is 55.7 Å². The molecule has 140 valence electrons. The minimum atomic E-state index is -3.88. The first-order valence-corrected chi connectivity index (χ1v) is 11.4. The van der Waals surface area contributed by atoms with Gasteiger partial charge in [0.1, 0.15) is 5.82 Å². The minimum absolute atomic E-state index is 0.0135. The van der Waals surface area contributed by atoms with E-state index in [1.807, 2.05) is 0 Å². The molecule has 3 rings (SSSR count). The molecule has 0 saturated carbocycles. The molecule has 1 saturated heterocycles. The third-order valence-electron chi connectivity index (χ3n) is 4.57. The van der Waals surface area contributed by atoms with Crippen LogP contribution < -0.4 is 0 Å². The van der Waals surface area contributed by atoms with Crippen molar-refractivity contribution in [2.75, 3.05) is 12.3 Å². The van der Waals surface area contributed by atoms with E-state index in [0.717, 1.165) is 6.07 Å². The van der Waals surface area contributed by atoms with Crippen LogP contribution in [0.5, 0.6) is 0 Å². The zero-order valence-corrected chi connectivity index (χ0v) is 15.9. The number of sulfone groups is 1. The average molecular weight is 397 g/mol. The van der Waals surface area contributed by atoms with Crippen molar-refractivity contribution in [1.29, 1.82) is 0 Å². The average Bonchev–Trinajstić information content (AvgIpc) is 3.06. The molecule has 0 amide bonds. The molecular weight excluding hydrogens is 377 g/mol. The highest BCUT2D eigenvalue weighted by atomic mass is 32.2. The summed E-state index contributed by atoms with van der Waals surface area (Å²) in [5.41, 5.74) is 0.235. The summed E-state index contributed by atoms with van der Waals surface area (Å²) in [5.74, 6) is -0.746. The number of sulfonamides is 1. The van der Waals surface area contributed by atoms with Crippen LogP contribution in [0.3, 0.4) is 0 Å². The maximum Gasteiger partial charge on any atom is 0.243 e. The molecule has 8 heteroatoms. The summed E-state index contributed by atoms with van der Waals surface area (Å²) in [6.07, 6.45) is 1.07. The Morgan fingerprint density at radius 3 is 2.38 bits per heavy atom. The Bertz CT molecular complexity index is 1000. The van der Waals surface area contributed by atoms with Crippen LogP contribution in [0.4, 0.5) is 4.39 Å². The number of rotatable bonds is 5. The summed E-state index contributed by atoms with van der Waals surface area (Å²) in [6.45, 7) is 1.75. The van der Waals surface area contributed by atoms with Crippen LogP contribution in [0, 0.1) is 12.7 Å². The predicted octanol–water partition coefficient (Wildman–Crippen LogP) is 2.76. The van der Waals surface area contributed by atoms with Crippen molar-refractivity contribution in [3.8, 4) is 0 Å². The lowest BCUT2D eigenvalue weighted by atomic mass is 10.2. The Labute approximate surface area is 153 Å². The van der Waals surface area contributed by atoms with Gasteiger partial charge in [0, 0.05) is 12.6 Å². The van der Waals surface area contributed by atoms with Gasteiger partial charge in [0.05, 0.1) is 15.5 Å². The molecule has 0 radical (unpaired) electrons. The minimum Gasteiger partial charge on any atom is -0.224 e. The highest BCUT2D eigenvalue weighted by Gasteiger charge is 2.38. The van der Waals surface area contributed by atoms with E-state index < -0.39 is 31.7 Å². The van der Waals surface area contributed by atoms with E-state index in [-0.39, 0.29) is 27.7 Å². The number of nitrogens with zero attached hydrogens (tertiary/aromatic N) is 1. The van der Waals surface area contributed by atoms with Crippen molar-refractivity contribution in [1.82, 2.24) is 4.31 Å². The number of aryl methyl sites for hydroxylation is 1. The third-order valence-corrected chi connectivity index (χ3v) is 8.34. The van der Waals surface area contributed by atoms with E-state index in [1.54, 1.807) is 18.2 Å². The van der Waals surface area contributed by atoms with Crippen molar-refractivity contribution >= 4 is 19.9 Å². The smallest absolute Gasteiger partial charge is 0.224 e. The van der Waals surface area contributed by atoms with E-state index in [9.17, 15) is 21.2 Å². The molecule has 2 aromatic carbocycles. The maximum absolute atomic E-state index is 13.5. The number of hydrogen-bond donors (Lipinski definition) is 0. The molecule has 0 spiro atoms. The first-order valence-electron chi connectivity index (χ1n) is 8.27. The molecule has 5 nitrogen and oxygen atoms in total. The zero-order valence-electron chi connectivity index (χ0n) is 14.3. The van der Waals surface area contributed by atoms with Gasteiger partial charge in [-0.15, -0.1) is 0 Å². The molecule has 26 heavy (non-hydrogen) atoms. The van der Waals surface area contributed by atoms with Gasteiger partial charge in [-0.25, -0.2) is 21.2 Å². The van der Waals surface area contributed by atoms with Crippen molar-refractivity contribution in [2.24, 2.45) is 0 Å². The second-order valence-corrected chi connectivity index (χ2v) is 10.3. The fraction of sp³-hybridized carbons (Fsp3) is 0.333. The van der Waals surface area contributed by atoms with Gasteiger partial charge in [-0.3, -0.25) is 0 Å². The molecule has 0 aliphatic carbocycles. The lowest BCUT2D eigenvalue weighted by Gasteiger charge is -2.24. The molecule has 1 aliphatic rings. The van der Waals surface area contributed by atoms with E-state index >= 15 is 0 Å². The first-order chi connectivity index (χ1) is 12.2. The van der Waals surface area contributed by atoms with E-state index in [2.05, 4.69) is 0 Å². The summed E-state index contributed by atoms with van der Waals surface area (Å²) in [6, 6.07) is 11.0. The quantitative estimate of drug-likeness (QED) is 0.778. The van der Waals surface area contributed by atoms with Crippen molar-refractivity contribution in [2.45, 2.75) is 35.6 Å². The fourth-order valence-corrected chi connectivity index (χ4v) is 6.67. The Hall–Kier alpha value is -1.77. The Kier molecular flexibility index (Phi) is 5.18. The molecule has 1 heterocycles. The molecule has 1 aliphatic heterocycles. The van der Waals surface area contributed by atoms with Gasteiger partial charge in [0.2, 0.25) is 10.0 Å². The van der Waals surface area contributed by atoms with Gasteiger partial charge in [-0.1, -0.05) is 18.2 Å². The lowest BCUT2D eigenvalue weighted by molar-refractivity contribution is 0.407. The summed E-state index contributed by atoms with van der Waals surface area (Å²) in [7, 11) is -7.48. The van der Waals surface area contributed by atoms with Crippen LogP contribution in [0.1, 0.15) is 18.4 Å². The van der Waals surface area contributed by atoms with Crippen LogP contribution in [0.15, 0.2) is 58.3 Å². The first kappa shape index (κ1) is 19.0. The van der Waals surface area contributed by atoms with Crippen LogP contribution in [0.2, 0.25) is 0 Å². The molecule has 1 fully saturated rings. The number of halogens is 1. The molecule has 0 aromatic heterocycles. The largest absolute Gasteiger partial charge is 0.243 e. The van der Waals surface area contributed by atoms with Crippen LogP contribution in [-0.4, -0.2) is 39.5 Å². The second-order valence-electron chi connectivity index (χ2n) is 6.42. The Morgan fingerprint density at radius 1 is 1.04 bits per heavy atom. The van der Waals surface area contributed by atoms with E-state index in [4.69, 9.17) is 0 Å². The summed E-state index contributed by atoms with van der Waals surface area (Å²) < 4.78 is 65.8. The SMILES string of the molecule is Cc1cc(S(=O)(=O)N2CCCC2CS(=O)(=O)c2ccccc2)ccc1F. The van der Waals surface area contributed by atoms with Gasteiger partial charge < -0.3 is 0 Å². The second kappa shape index (κ2) is 7.09. The predicted molar refractivity (Wildman–Crippen MR) is 96.5 cm³/mol. The van der Waals surface area contributed by atoms with Crippen LogP contribution >= 0.6 is 0 Å². The highest BCUT2D eigenvalue weighted by Crippen LogP contribution is 2.29. The highest BCUT2D eigenvalue weighted by molar-refractivity contribution is 7.91. The Morgan fingerprint density at radius 2 is 1.73 bits per heavy atom. The van der Waals surface area contributed by atoms with Crippen molar-refractivity contribution in [3.05, 3.63) is 59.9 Å². The van der Waals surface area contributed by atoms with Gasteiger partial charge in [-0.2, -0.15) is 4.31 Å². The third kappa shape index (κ3) is 3.67. The summed E-state index contributed by atoms with van der Waals surface area (Å²) >= 11 is 0. The fourth-order valence-electron chi connectivity index (χ4n) is 3.18. The summed E-state index contributed by atoms with van der Waals surface area (Å²) in [4.78, 5) is 0.169. The van der Waals surface area contributed by atoms with Crippen LogP contribution in [-0.2, 0) is 19.9 Å². The van der Waals surface area contributed by atoms with Gasteiger partial charge >= 0.3 is 0 Å². The zero-order chi connectivity index (χ0) is 18.9. The molecule has 0 N–H and O–H groups in total. The number of benzene rings is 2. The van der Waals surface area contributed by atoms with Crippen LogP contribution in [0.25, 0.3) is 0 Å². The maximum atomic E-state index is 13.5. The normalized spacial score (nSPS) is 18.9. The monoisotopic (exact) mass is 397 g/mol. The Balaban J connectivity index is 1.89. The van der Waals surface area contributed by atoms with Crippen molar-refractivity contribution < 1.29 is 21.2 Å². The molecular formula is C18H20FNO4S2. The van der Waals surface area contributed by atoms with E-state index in [1.165, 1.54) is 35.5 Å². The summed E-state index contributed by atoms with van der Waals surface area (Å²) in [5, 5.41) is 0. The number of hydrogen-bond acceptors (Lipinski definition) is 4. The van der Waals surface area contributed by atoms with E-state index in [0.29, 0.717) is 12.8 Å². The van der Waals surface area contributed by atoms with Gasteiger partial charge in [0.25, 0.3) is 0 Å². The van der Waals surface area contributed by atoms with Crippen molar-refractivity contribution in [3.63, 3.8) is 0 Å². The molecule has 2 aromatic rings. The lowest BCUT2D eigenvalue weighted by Crippen LogP contribution is -2.39. The molecule has 0 bridgehead atoms. The van der Waals surface area contributed by atoms with Gasteiger partial charge in [0.15, 0.2) is 9.84 Å². The molecule has 1 atom stereocenters. The standard InChI is InChI=1S/C18H20FNO4S2/c1-14-12-17(9-10-18(14)19)26(23,24)20-11-5-6-15(20)13-25(21,22)16-7-3-2-4-8-16/h2-4,7-10,12,15H,5-6,11,13H2,1H3. The molecule has 1 unspecified atom stereocenters.